The highest BCUT2D eigenvalue weighted by Gasteiger charge is 2.38. The molecule has 2 aliphatic rings. The molecule has 2 aliphatic heterocycles. The molecule has 2 heterocycles. The number of nitrogens with two attached hydrogens (primary N) is 1. The maximum atomic E-state index is 12.4. The fourth-order valence-corrected chi connectivity index (χ4v) is 2.89. The van der Waals surface area contributed by atoms with E-state index in [1.54, 1.807) is 0 Å². The van der Waals surface area contributed by atoms with Gasteiger partial charge in [0, 0.05) is 19.6 Å². The van der Waals surface area contributed by atoms with Crippen LogP contribution in [0, 0.1) is 0 Å². The minimum atomic E-state index is -0.306. The molecule has 5 heteroatoms. The second-order valence-corrected chi connectivity index (χ2v) is 5.97. The lowest BCUT2D eigenvalue weighted by Gasteiger charge is -2.42. The van der Waals surface area contributed by atoms with E-state index in [0.29, 0.717) is 19.6 Å². The Hall–Kier alpha value is -0.650. The third-order valence-electron chi connectivity index (χ3n) is 3.53. The first-order valence-corrected chi connectivity index (χ1v) is 6.73. The first kappa shape index (κ1) is 13.8. The highest BCUT2D eigenvalue weighted by Crippen LogP contribution is 2.25. The Morgan fingerprint density at radius 1 is 1.44 bits per heavy atom. The maximum Gasteiger partial charge on any atom is 0.251 e. The molecule has 1 unspecified atom stereocenters. The van der Waals surface area contributed by atoms with Crippen LogP contribution in [0.1, 0.15) is 33.6 Å². The number of hydrogen-bond donors (Lipinski definition) is 1. The first-order chi connectivity index (χ1) is 8.41. The zero-order valence-electron chi connectivity index (χ0n) is 11.5. The molecule has 2 rings (SSSR count). The van der Waals surface area contributed by atoms with Gasteiger partial charge in [-0.05, 0) is 33.6 Å². The van der Waals surface area contributed by atoms with Crippen molar-refractivity contribution in [3.05, 3.63) is 0 Å². The van der Waals surface area contributed by atoms with E-state index >= 15 is 0 Å². The van der Waals surface area contributed by atoms with Gasteiger partial charge in [-0.25, -0.2) is 0 Å². The molecule has 0 spiro atoms. The van der Waals surface area contributed by atoms with Gasteiger partial charge in [0.15, 0.2) is 0 Å². The Morgan fingerprint density at radius 2 is 2.17 bits per heavy atom. The lowest BCUT2D eigenvalue weighted by Crippen LogP contribution is -2.56. The Bertz CT molecular complexity index is 319. The van der Waals surface area contributed by atoms with Crippen LogP contribution in [-0.4, -0.2) is 54.4 Å². The Labute approximate surface area is 109 Å². The van der Waals surface area contributed by atoms with E-state index in [4.69, 9.17) is 15.2 Å². The Morgan fingerprint density at radius 3 is 2.72 bits per heavy atom. The number of amides is 1. The topological polar surface area (TPSA) is 64.8 Å². The summed E-state index contributed by atoms with van der Waals surface area (Å²) < 4.78 is 11.5. The van der Waals surface area contributed by atoms with E-state index in [-0.39, 0.29) is 29.8 Å². The summed E-state index contributed by atoms with van der Waals surface area (Å²) in [6.07, 6.45) is 1.48. The number of carbonyl (C=O) groups excluding carboxylic acids is 1. The van der Waals surface area contributed by atoms with Gasteiger partial charge >= 0.3 is 0 Å². The molecular formula is C13H24N2O3. The smallest absolute Gasteiger partial charge is 0.251 e. The van der Waals surface area contributed by atoms with Gasteiger partial charge in [-0.15, -0.1) is 0 Å². The van der Waals surface area contributed by atoms with Crippen LogP contribution in [0.5, 0.6) is 0 Å². The average Bonchev–Trinajstić information content (AvgIpc) is 2.73. The van der Waals surface area contributed by atoms with Crippen molar-refractivity contribution >= 4 is 5.91 Å². The molecule has 2 saturated heterocycles. The quantitative estimate of drug-likeness (QED) is 0.782. The van der Waals surface area contributed by atoms with Gasteiger partial charge in [0.1, 0.15) is 6.10 Å². The molecule has 0 aliphatic carbocycles. The minimum Gasteiger partial charge on any atom is -0.369 e. The summed E-state index contributed by atoms with van der Waals surface area (Å²) in [7, 11) is 0. The van der Waals surface area contributed by atoms with Gasteiger partial charge in [-0.2, -0.15) is 0 Å². The van der Waals surface area contributed by atoms with Crippen molar-refractivity contribution in [3.63, 3.8) is 0 Å². The normalized spacial score (nSPS) is 35.8. The standard InChI is InChI=1S/C13H24N2O3/c1-9-7-15(8-13(2,3)18-9)12(16)11-5-4-10(6-14)17-11/h9-11H,4-8,14H2,1-3H3/t9?,10-,11+/m1/s1. The van der Waals surface area contributed by atoms with Crippen molar-refractivity contribution < 1.29 is 14.3 Å². The van der Waals surface area contributed by atoms with Gasteiger partial charge in [0.05, 0.1) is 17.8 Å². The van der Waals surface area contributed by atoms with Gasteiger partial charge in [-0.3, -0.25) is 4.79 Å². The van der Waals surface area contributed by atoms with Gasteiger partial charge in [0.25, 0.3) is 5.91 Å². The largest absolute Gasteiger partial charge is 0.369 e. The molecule has 2 fully saturated rings. The number of morpholine rings is 1. The third-order valence-corrected chi connectivity index (χ3v) is 3.53. The van der Waals surface area contributed by atoms with E-state index in [1.807, 2.05) is 25.7 Å². The van der Waals surface area contributed by atoms with E-state index < -0.39 is 0 Å². The predicted octanol–water partition coefficient (Wildman–Crippen LogP) is 0.519. The summed E-state index contributed by atoms with van der Waals surface area (Å²) in [5.74, 6) is 0.0918. The third kappa shape index (κ3) is 3.02. The van der Waals surface area contributed by atoms with Crippen LogP contribution in [0.25, 0.3) is 0 Å². The summed E-state index contributed by atoms with van der Waals surface area (Å²) in [5.41, 5.74) is 5.29. The van der Waals surface area contributed by atoms with Crippen LogP contribution < -0.4 is 5.73 Å². The fourth-order valence-electron chi connectivity index (χ4n) is 2.89. The molecule has 0 aromatic carbocycles. The van der Waals surface area contributed by atoms with Crippen molar-refractivity contribution in [1.29, 1.82) is 0 Å². The summed E-state index contributed by atoms with van der Waals surface area (Å²) >= 11 is 0. The van der Waals surface area contributed by atoms with E-state index in [2.05, 4.69) is 0 Å². The SMILES string of the molecule is CC1CN(C(=O)[C@@H]2CC[C@H](CN)O2)CC(C)(C)O1. The Kier molecular flexibility index (Phi) is 3.94. The second-order valence-electron chi connectivity index (χ2n) is 5.97. The summed E-state index contributed by atoms with van der Waals surface area (Å²) in [6, 6.07) is 0. The Balaban J connectivity index is 1.96. The predicted molar refractivity (Wildman–Crippen MR) is 68.2 cm³/mol. The summed E-state index contributed by atoms with van der Waals surface area (Å²) in [6.45, 7) is 7.80. The van der Waals surface area contributed by atoms with E-state index in [1.165, 1.54) is 0 Å². The molecule has 18 heavy (non-hydrogen) atoms. The van der Waals surface area contributed by atoms with Crippen LogP contribution in [0.3, 0.4) is 0 Å². The van der Waals surface area contributed by atoms with Crippen LogP contribution in [-0.2, 0) is 14.3 Å². The van der Waals surface area contributed by atoms with Crippen LogP contribution in [0.4, 0.5) is 0 Å². The lowest BCUT2D eigenvalue weighted by atomic mass is 10.0. The van der Waals surface area contributed by atoms with Crippen molar-refractivity contribution in [2.75, 3.05) is 19.6 Å². The molecule has 5 nitrogen and oxygen atoms in total. The zero-order valence-corrected chi connectivity index (χ0v) is 11.5. The molecule has 3 atom stereocenters. The van der Waals surface area contributed by atoms with Gasteiger partial charge in [0.2, 0.25) is 0 Å². The highest BCUT2D eigenvalue weighted by atomic mass is 16.5. The number of carbonyl (C=O) groups is 1. The molecule has 1 amide bonds. The summed E-state index contributed by atoms with van der Waals surface area (Å²) in [4.78, 5) is 14.3. The van der Waals surface area contributed by atoms with Gasteiger partial charge < -0.3 is 20.1 Å². The zero-order chi connectivity index (χ0) is 13.3. The maximum absolute atomic E-state index is 12.4. The fraction of sp³-hybridized carbons (Fsp3) is 0.923. The molecule has 0 saturated carbocycles. The molecule has 0 bridgehead atoms. The first-order valence-electron chi connectivity index (χ1n) is 6.73. The van der Waals surface area contributed by atoms with E-state index in [0.717, 1.165) is 12.8 Å². The number of ether oxygens (including phenoxy) is 2. The van der Waals surface area contributed by atoms with Crippen molar-refractivity contribution in [1.82, 2.24) is 4.90 Å². The molecule has 0 aromatic heterocycles. The van der Waals surface area contributed by atoms with Crippen molar-refractivity contribution in [3.8, 4) is 0 Å². The summed E-state index contributed by atoms with van der Waals surface area (Å²) in [5, 5.41) is 0. The van der Waals surface area contributed by atoms with Crippen LogP contribution in [0.15, 0.2) is 0 Å². The average molecular weight is 256 g/mol. The molecule has 2 N–H and O–H groups in total. The number of hydrogen-bond acceptors (Lipinski definition) is 4. The van der Waals surface area contributed by atoms with Gasteiger partial charge in [-0.1, -0.05) is 0 Å². The number of nitrogens with zero attached hydrogens (tertiary/aromatic N) is 1. The lowest BCUT2D eigenvalue weighted by molar-refractivity contribution is -0.166. The van der Waals surface area contributed by atoms with Crippen molar-refractivity contribution in [2.24, 2.45) is 5.73 Å². The highest BCUT2D eigenvalue weighted by molar-refractivity contribution is 5.81. The van der Waals surface area contributed by atoms with Crippen molar-refractivity contribution in [2.45, 2.75) is 57.5 Å². The van der Waals surface area contributed by atoms with Crippen LogP contribution >= 0.6 is 0 Å². The molecule has 104 valence electrons. The molecule has 0 radical (unpaired) electrons. The second kappa shape index (κ2) is 5.15. The van der Waals surface area contributed by atoms with E-state index in [9.17, 15) is 4.79 Å². The van der Waals surface area contributed by atoms with Crippen LogP contribution in [0.2, 0.25) is 0 Å². The molecule has 0 aromatic rings. The number of rotatable bonds is 2. The molecular weight excluding hydrogens is 232 g/mol. The monoisotopic (exact) mass is 256 g/mol. The minimum absolute atomic E-state index is 0.0467.